The lowest BCUT2D eigenvalue weighted by molar-refractivity contribution is 0.862. The van der Waals surface area contributed by atoms with Crippen molar-refractivity contribution in [2.45, 2.75) is 19.9 Å². The van der Waals surface area contributed by atoms with Crippen molar-refractivity contribution >= 4 is 38.9 Å². The van der Waals surface area contributed by atoms with Gasteiger partial charge < -0.3 is 10.2 Å². The van der Waals surface area contributed by atoms with E-state index in [1.54, 1.807) is 17.7 Å². The van der Waals surface area contributed by atoms with Crippen LogP contribution in [0.5, 0.6) is 0 Å². The van der Waals surface area contributed by atoms with Gasteiger partial charge in [0.2, 0.25) is 0 Å². The minimum absolute atomic E-state index is 0.729. The third kappa shape index (κ3) is 3.63. The molecular formula is C12H16BrN5S. The summed E-state index contributed by atoms with van der Waals surface area (Å²) in [5.74, 6) is 1.69. The van der Waals surface area contributed by atoms with Gasteiger partial charge in [-0.15, -0.1) is 11.3 Å². The van der Waals surface area contributed by atoms with Crippen molar-refractivity contribution in [1.29, 1.82) is 0 Å². The highest BCUT2D eigenvalue weighted by atomic mass is 79.9. The van der Waals surface area contributed by atoms with Crippen LogP contribution in [0.4, 0.5) is 11.6 Å². The van der Waals surface area contributed by atoms with E-state index in [0.717, 1.165) is 41.3 Å². The van der Waals surface area contributed by atoms with Crippen LogP contribution >= 0.6 is 27.3 Å². The molecule has 19 heavy (non-hydrogen) atoms. The Bertz CT molecular complexity index is 517. The molecule has 0 atom stereocenters. The third-order valence-corrected chi connectivity index (χ3v) is 3.92. The fraction of sp³-hybridized carbons (Fsp3) is 0.417. The largest absolute Gasteiger partial charge is 0.369 e. The fourth-order valence-corrected chi connectivity index (χ4v) is 2.82. The molecular weight excluding hydrogens is 326 g/mol. The number of halogens is 1. The molecule has 0 unspecified atom stereocenters. The predicted octanol–water partition coefficient (Wildman–Crippen LogP) is 3.15. The van der Waals surface area contributed by atoms with Crippen molar-refractivity contribution in [2.24, 2.45) is 0 Å². The Morgan fingerprint density at radius 2 is 2.21 bits per heavy atom. The minimum Gasteiger partial charge on any atom is -0.369 e. The summed E-state index contributed by atoms with van der Waals surface area (Å²) in [4.78, 5) is 14.9. The third-order valence-electron chi connectivity index (χ3n) is 2.56. The number of anilines is 2. The summed E-state index contributed by atoms with van der Waals surface area (Å²) < 4.78 is 0.890. The zero-order valence-corrected chi connectivity index (χ0v) is 13.3. The van der Waals surface area contributed by atoms with Gasteiger partial charge in [-0.25, -0.2) is 15.0 Å². The van der Waals surface area contributed by atoms with Crippen LogP contribution in [0.3, 0.4) is 0 Å². The lowest BCUT2D eigenvalue weighted by Gasteiger charge is -2.19. The summed E-state index contributed by atoms with van der Waals surface area (Å²) in [7, 11) is 2.00. The van der Waals surface area contributed by atoms with Gasteiger partial charge in [-0.3, -0.25) is 0 Å². The average molecular weight is 342 g/mol. The normalized spacial score (nSPS) is 10.5. The van der Waals surface area contributed by atoms with E-state index in [4.69, 9.17) is 0 Å². The predicted molar refractivity (Wildman–Crippen MR) is 82.7 cm³/mol. The van der Waals surface area contributed by atoms with Gasteiger partial charge in [0.1, 0.15) is 22.4 Å². The van der Waals surface area contributed by atoms with Gasteiger partial charge in [0.25, 0.3) is 0 Å². The maximum Gasteiger partial charge on any atom is 0.148 e. The molecule has 0 saturated heterocycles. The van der Waals surface area contributed by atoms with Crippen molar-refractivity contribution < 1.29 is 0 Å². The molecule has 5 nitrogen and oxygen atoms in total. The van der Waals surface area contributed by atoms with Gasteiger partial charge >= 0.3 is 0 Å². The Balaban J connectivity index is 2.14. The van der Waals surface area contributed by atoms with Gasteiger partial charge in [0.05, 0.1) is 17.7 Å². The molecule has 2 aromatic rings. The first kappa shape index (κ1) is 14.2. The lowest BCUT2D eigenvalue weighted by atomic mass is 10.4. The van der Waals surface area contributed by atoms with Crippen LogP contribution in [0.1, 0.15) is 19.0 Å². The minimum atomic E-state index is 0.729. The number of rotatable bonds is 6. The molecule has 0 spiro atoms. The van der Waals surface area contributed by atoms with Crippen LogP contribution in [0.2, 0.25) is 0 Å². The average Bonchev–Trinajstić information content (AvgIpc) is 2.90. The summed E-state index contributed by atoms with van der Waals surface area (Å²) in [6, 6.07) is 0. The summed E-state index contributed by atoms with van der Waals surface area (Å²) in [6.45, 7) is 3.74. The number of hydrogen-bond donors (Lipinski definition) is 1. The van der Waals surface area contributed by atoms with Crippen molar-refractivity contribution in [3.8, 4) is 0 Å². The highest BCUT2D eigenvalue weighted by Crippen LogP contribution is 2.29. The van der Waals surface area contributed by atoms with Gasteiger partial charge in [-0.05, 0) is 22.4 Å². The summed E-state index contributed by atoms with van der Waals surface area (Å²) in [6.07, 6.45) is 2.63. The Labute approximate surface area is 125 Å². The van der Waals surface area contributed by atoms with Crippen LogP contribution in [0, 0.1) is 0 Å². The molecule has 7 heteroatoms. The molecule has 102 valence electrons. The van der Waals surface area contributed by atoms with E-state index in [2.05, 4.69) is 48.0 Å². The molecule has 0 bridgehead atoms. The van der Waals surface area contributed by atoms with Crippen molar-refractivity contribution in [3.05, 3.63) is 27.4 Å². The molecule has 0 aliphatic heterocycles. The first-order valence-electron chi connectivity index (χ1n) is 6.05. The first-order valence-corrected chi connectivity index (χ1v) is 7.78. The number of nitrogens with zero attached hydrogens (tertiary/aromatic N) is 4. The first-order chi connectivity index (χ1) is 9.22. The van der Waals surface area contributed by atoms with Crippen LogP contribution in [-0.4, -0.2) is 28.5 Å². The Kier molecular flexibility index (Phi) is 5.09. The summed E-state index contributed by atoms with van der Waals surface area (Å²) >= 11 is 5.17. The van der Waals surface area contributed by atoms with Crippen LogP contribution < -0.4 is 10.2 Å². The van der Waals surface area contributed by atoms with E-state index in [9.17, 15) is 0 Å². The van der Waals surface area contributed by atoms with Crippen molar-refractivity contribution in [3.63, 3.8) is 0 Å². The molecule has 0 aliphatic carbocycles. The highest BCUT2D eigenvalue weighted by molar-refractivity contribution is 9.10. The number of thiazole rings is 1. The van der Waals surface area contributed by atoms with Gasteiger partial charge in [-0.1, -0.05) is 6.92 Å². The second kappa shape index (κ2) is 6.81. The molecule has 0 saturated carbocycles. The zero-order chi connectivity index (χ0) is 13.7. The van der Waals surface area contributed by atoms with E-state index in [1.807, 2.05) is 17.9 Å². The van der Waals surface area contributed by atoms with E-state index in [0.29, 0.717) is 0 Å². The zero-order valence-electron chi connectivity index (χ0n) is 10.9. The van der Waals surface area contributed by atoms with E-state index in [-0.39, 0.29) is 0 Å². The smallest absolute Gasteiger partial charge is 0.148 e. The summed E-state index contributed by atoms with van der Waals surface area (Å²) in [5.41, 5.74) is 2.88. The van der Waals surface area contributed by atoms with Crippen LogP contribution in [0.25, 0.3) is 0 Å². The molecule has 0 aliphatic rings. The number of aromatic nitrogens is 3. The maximum absolute atomic E-state index is 4.33. The number of nitrogens with one attached hydrogen (secondary N) is 1. The number of hydrogen-bond acceptors (Lipinski definition) is 6. The monoisotopic (exact) mass is 341 g/mol. The van der Waals surface area contributed by atoms with E-state index >= 15 is 0 Å². The van der Waals surface area contributed by atoms with E-state index in [1.165, 1.54) is 0 Å². The van der Waals surface area contributed by atoms with Gasteiger partial charge in [0.15, 0.2) is 0 Å². The highest BCUT2D eigenvalue weighted by Gasteiger charge is 2.13. The Morgan fingerprint density at radius 3 is 2.89 bits per heavy atom. The van der Waals surface area contributed by atoms with Gasteiger partial charge in [-0.2, -0.15) is 0 Å². The maximum atomic E-state index is 4.33. The molecule has 2 aromatic heterocycles. The summed E-state index contributed by atoms with van der Waals surface area (Å²) in [5, 5.41) is 5.32. The topological polar surface area (TPSA) is 53.9 Å². The molecule has 0 aromatic carbocycles. The second-order valence-electron chi connectivity index (χ2n) is 4.12. The standard InChI is InChI=1S/C12H16BrN5S/c1-3-4-14-11-10(13)12(16-7-15-11)18(2)5-9-6-19-8-17-9/h6-8H,3-5H2,1-2H3,(H,14,15,16). The molecule has 0 radical (unpaired) electrons. The molecule has 0 amide bonds. The lowest BCUT2D eigenvalue weighted by Crippen LogP contribution is -2.19. The van der Waals surface area contributed by atoms with Crippen LogP contribution in [-0.2, 0) is 6.54 Å². The second-order valence-corrected chi connectivity index (χ2v) is 5.63. The Morgan fingerprint density at radius 1 is 1.37 bits per heavy atom. The van der Waals surface area contributed by atoms with Crippen molar-refractivity contribution in [2.75, 3.05) is 23.8 Å². The SMILES string of the molecule is CCCNc1ncnc(N(C)Cc2cscn2)c1Br. The van der Waals surface area contributed by atoms with E-state index < -0.39 is 0 Å². The van der Waals surface area contributed by atoms with Crippen LogP contribution in [0.15, 0.2) is 21.7 Å². The molecule has 2 rings (SSSR count). The van der Waals surface area contributed by atoms with Gasteiger partial charge in [0, 0.05) is 19.0 Å². The fourth-order valence-electron chi connectivity index (χ4n) is 1.63. The Hall–Kier alpha value is -1.21. The van der Waals surface area contributed by atoms with Crippen molar-refractivity contribution in [1.82, 2.24) is 15.0 Å². The molecule has 0 fully saturated rings. The molecule has 2 heterocycles. The molecule has 1 N–H and O–H groups in total. The quantitative estimate of drug-likeness (QED) is 0.874.